The van der Waals surface area contributed by atoms with Gasteiger partial charge in [-0.05, 0) is 62.2 Å². The van der Waals surface area contributed by atoms with E-state index in [0.717, 1.165) is 45.3 Å². The van der Waals surface area contributed by atoms with Gasteiger partial charge in [0.05, 0.1) is 16.5 Å². The van der Waals surface area contributed by atoms with E-state index in [0.29, 0.717) is 35.7 Å². The molecule has 0 amide bonds. The van der Waals surface area contributed by atoms with Gasteiger partial charge >= 0.3 is 6.01 Å². The van der Waals surface area contributed by atoms with Crippen LogP contribution in [0.1, 0.15) is 45.1 Å². The van der Waals surface area contributed by atoms with Crippen LogP contribution in [0.4, 0.5) is 14.6 Å². The molecule has 0 aliphatic carbocycles. The number of nitrogens with one attached hydrogen (secondary N) is 1. The number of terminal acetylenes is 1. The molecule has 228 valence electrons. The first kappa shape index (κ1) is 29.7. The number of rotatable bonds is 7. The molecule has 44 heavy (non-hydrogen) atoms. The molecule has 0 saturated carbocycles. The van der Waals surface area contributed by atoms with E-state index in [1.54, 1.807) is 0 Å². The maximum Gasteiger partial charge on any atom is 0.319 e. The number of aromatic nitrogens is 3. The maximum absolute atomic E-state index is 16.7. The standard InChI is InChI=1S/C34H36F2N6O2/c1-5-14-41-16-12-21(3)34(41,4)20-44-33-39-31-26(32(40-33)42-15-9-7-8-13-38-42)19-37-30(29(31)36)25-18-23(43)17-22-10-11-27(35)24(6-2)28(22)25/h2,5,10-11,17-19,21,38,43H,1,7-9,12-16,20H2,3-4H3. The number of pyridine rings is 1. The molecule has 2 atom stereocenters. The van der Waals surface area contributed by atoms with Crippen LogP contribution >= 0.6 is 0 Å². The molecule has 10 heteroatoms. The number of phenols is 1. The molecule has 8 nitrogen and oxygen atoms in total. The van der Waals surface area contributed by atoms with Crippen molar-refractivity contribution in [3.05, 3.63) is 60.3 Å². The number of anilines is 1. The van der Waals surface area contributed by atoms with Crippen LogP contribution in [0.2, 0.25) is 0 Å². The molecule has 2 N–H and O–H groups in total. The molecule has 2 fully saturated rings. The monoisotopic (exact) mass is 598 g/mol. The van der Waals surface area contributed by atoms with Crippen LogP contribution in [-0.4, -0.2) is 63.3 Å². The van der Waals surface area contributed by atoms with Crippen LogP contribution in [0.3, 0.4) is 0 Å². The average molecular weight is 599 g/mol. The first-order valence-electron chi connectivity index (χ1n) is 15.0. The minimum atomic E-state index is -0.751. The predicted molar refractivity (Wildman–Crippen MR) is 168 cm³/mol. The number of aromatic hydroxyl groups is 1. The predicted octanol–water partition coefficient (Wildman–Crippen LogP) is 5.97. The Morgan fingerprint density at radius 2 is 2.07 bits per heavy atom. The number of fused-ring (bicyclic) bond motifs is 2. The van der Waals surface area contributed by atoms with Crippen molar-refractivity contribution < 1.29 is 18.6 Å². The lowest BCUT2D eigenvalue weighted by Gasteiger charge is -2.37. The van der Waals surface area contributed by atoms with Gasteiger partial charge in [-0.3, -0.25) is 14.9 Å². The molecule has 2 aromatic heterocycles. The lowest BCUT2D eigenvalue weighted by atomic mass is 9.89. The summed E-state index contributed by atoms with van der Waals surface area (Å²) < 4.78 is 37.8. The molecule has 0 radical (unpaired) electrons. The quantitative estimate of drug-likeness (QED) is 0.199. The van der Waals surface area contributed by atoms with Crippen molar-refractivity contribution in [2.75, 3.05) is 37.8 Å². The molecular formula is C34H36F2N6O2. The Balaban J connectivity index is 1.51. The molecule has 2 aliphatic rings. The number of hydrazine groups is 1. The zero-order chi connectivity index (χ0) is 31.0. The summed E-state index contributed by atoms with van der Waals surface area (Å²) in [6, 6.07) is 5.56. The van der Waals surface area contributed by atoms with Gasteiger partial charge in [0, 0.05) is 36.8 Å². The fourth-order valence-electron chi connectivity index (χ4n) is 6.41. The zero-order valence-electron chi connectivity index (χ0n) is 25.0. The fraction of sp³-hybridized carbons (Fsp3) is 0.382. The van der Waals surface area contributed by atoms with Crippen molar-refractivity contribution in [2.24, 2.45) is 5.92 Å². The van der Waals surface area contributed by atoms with E-state index in [9.17, 15) is 9.50 Å². The summed E-state index contributed by atoms with van der Waals surface area (Å²) in [5.74, 6) is 1.69. The number of phenolic OH excluding ortho intramolecular Hbond substituents is 1. The maximum atomic E-state index is 16.7. The van der Waals surface area contributed by atoms with E-state index in [1.807, 2.05) is 11.1 Å². The van der Waals surface area contributed by atoms with Gasteiger partial charge in [-0.2, -0.15) is 9.97 Å². The number of halogens is 2. The third kappa shape index (κ3) is 5.20. The Hall–Kier alpha value is -4.33. The number of ether oxygens (including phenoxy) is 1. The van der Waals surface area contributed by atoms with Crippen LogP contribution in [0.15, 0.2) is 43.1 Å². The number of benzene rings is 2. The number of hydrogen-bond donors (Lipinski definition) is 2. The molecule has 0 spiro atoms. The normalized spacial score (nSPS) is 21.0. The van der Waals surface area contributed by atoms with Gasteiger partial charge in [0.1, 0.15) is 29.4 Å². The number of hydrogen-bond acceptors (Lipinski definition) is 8. The van der Waals surface area contributed by atoms with Gasteiger partial charge < -0.3 is 9.84 Å². The van der Waals surface area contributed by atoms with Gasteiger partial charge in [-0.1, -0.05) is 31.4 Å². The Labute approximate surface area is 255 Å². The molecule has 4 heterocycles. The summed E-state index contributed by atoms with van der Waals surface area (Å²) in [6.07, 6.45) is 13.1. The van der Waals surface area contributed by atoms with E-state index >= 15 is 4.39 Å². The second kappa shape index (κ2) is 12.0. The van der Waals surface area contributed by atoms with Crippen molar-refractivity contribution in [3.8, 4) is 35.4 Å². The Morgan fingerprint density at radius 3 is 2.86 bits per heavy atom. The van der Waals surface area contributed by atoms with E-state index in [4.69, 9.17) is 16.1 Å². The van der Waals surface area contributed by atoms with Gasteiger partial charge in [-0.25, -0.2) is 14.2 Å². The van der Waals surface area contributed by atoms with Crippen molar-refractivity contribution in [3.63, 3.8) is 0 Å². The Kier molecular flexibility index (Phi) is 8.10. The highest BCUT2D eigenvalue weighted by Crippen LogP contribution is 2.39. The second-order valence-corrected chi connectivity index (χ2v) is 11.9. The van der Waals surface area contributed by atoms with Crippen molar-refractivity contribution in [2.45, 2.75) is 45.1 Å². The zero-order valence-corrected chi connectivity index (χ0v) is 25.0. The van der Waals surface area contributed by atoms with Crippen LogP contribution < -0.4 is 15.2 Å². The summed E-state index contributed by atoms with van der Waals surface area (Å²) in [7, 11) is 0. The van der Waals surface area contributed by atoms with Gasteiger partial charge in [-0.15, -0.1) is 13.0 Å². The largest absolute Gasteiger partial charge is 0.508 e. The van der Waals surface area contributed by atoms with E-state index in [-0.39, 0.29) is 45.0 Å². The summed E-state index contributed by atoms with van der Waals surface area (Å²) in [5.41, 5.74) is 3.12. The molecule has 4 aromatic rings. The summed E-state index contributed by atoms with van der Waals surface area (Å²) in [4.78, 5) is 16.1. The molecular weight excluding hydrogens is 562 g/mol. The van der Waals surface area contributed by atoms with Crippen molar-refractivity contribution >= 4 is 27.5 Å². The number of likely N-dealkylation sites (tertiary alicyclic amines) is 1. The first-order valence-corrected chi connectivity index (χ1v) is 15.0. The van der Waals surface area contributed by atoms with Gasteiger partial charge in [0.15, 0.2) is 11.6 Å². The van der Waals surface area contributed by atoms with E-state index < -0.39 is 11.6 Å². The summed E-state index contributed by atoms with van der Waals surface area (Å²) in [5, 5.41) is 13.5. The van der Waals surface area contributed by atoms with E-state index in [2.05, 4.69) is 46.6 Å². The van der Waals surface area contributed by atoms with Crippen LogP contribution in [0.5, 0.6) is 11.8 Å². The summed E-state index contributed by atoms with van der Waals surface area (Å²) >= 11 is 0. The molecule has 2 saturated heterocycles. The highest BCUT2D eigenvalue weighted by Gasteiger charge is 2.43. The SMILES string of the molecule is C#Cc1c(F)ccc2cc(O)cc(-c3ncc4c(N5CCCCCN5)nc(OCC5(C)C(C)CCN5CC=C)nc4c3F)c12. The highest BCUT2D eigenvalue weighted by atomic mass is 19.1. The lowest BCUT2D eigenvalue weighted by Crippen LogP contribution is -2.49. The first-order chi connectivity index (χ1) is 21.2. The van der Waals surface area contributed by atoms with E-state index in [1.165, 1.54) is 30.5 Å². The highest BCUT2D eigenvalue weighted by molar-refractivity contribution is 6.03. The Bertz CT molecular complexity index is 1780. The Morgan fingerprint density at radius 1 is 1.23 bits per heavy atom. The molecule has 6 rings (SSSR count). The van der Waals surface area contributed by atoms with Crippen molar-refractivity contribution in [1.29, 1.82) is 0 Å². The van der Waals surface area contributed by atoms with Gasteiger partial charge in [0.2, 0.25) is 0 Å². The smallest absolute Gasteiger partial charge is 0.319 e. The van der Waals surface area contributed by atoms with Crippen molar-refractivity contribution in [1.82, 2.24) is 25.3 Å². The molecule has 2 unspecified atom stereocenters. The fourth-order valence-corrected chi connectivity index (χ4v) is 6.41. The minimum Gasteiger partial charge on any atom is -0.508 e. The topological polar surface area (TPSA) is 86.6 Å². The molecule has 0 bridgehead atoms. The lowest BCUT2D eigenvalue weighted by molar-refractivity contribution is 0.0698. The minimum absolute atomic E-state index is 0.00349. The van der Waals surface area contributed by atoms with Gasteiger partial charge in [0.25, 0.3) is 0 Å². The average Bonchev–Trinajstić information content (AvgIpc) is 3.18. The summed E-state index contributed by atoms with van der Waals surface area (Å²) in [6.45, 7) is 11.6. The molecule has 2 aromatic carbocycles. The van der Waals surface area contributed by atoms with Crippen LogP contribution in [0.25, 0.3) is 32.9 Å². The number of nitrogens with zero attached hydrogens (tertiary/aromatic N) is 5. The molecule has 2 aliphatic heterocycles. The third-order valence-electron chi connectivity index (χ3n) is 9.17. The second-order valence-electron chi connectivity index (χ2n) is 11.9. The van der Waals surface area contributed by atoms with Crippen LogP contribution in [-0.2, 0) is 0 Å². The van der Waals surface area contributed by atoms with Crippen LogP contribution in [0, 0.1) is 29.9 Å². The third-order valence-corrected chi connectivity index (χ3v) is 9.17.